The molecule has 19 heavy (non-hydrogen) atoms. The van der Waals surface area contributed by atoms with Crippen LogP contribution >= 0.6 is 22.9 Å². The first kappa shape index (κ1) is 12.9. The van der Waals surface area contributed by atoms with Crippen LogP contribution in [0.1, 0.15) is 28.9 Å². The van der Waals surface area contributed by atoms with Crippen LogP contribution in [0.2, 0.25) is 4.34 Å². The van der Waals surface area contributed by atoms with Crippen molar-refractivity contribution in [1.82, 2.24) is 4.90 Å². The van der Waals surface area contributed by atoms with Crippen LogP contribution in [0.5, 0.6) is 0 Å². The third kappa shape index (κ3) is 2.92. The summed E-state index contributed by atoms with van der Waals surface area (Å²) in [5.41, 5.74) is 0. The summed E-state index contributed by atoms with van der Waals surface area (Å²) in [7, 11) is 0. The quantitative estimate of drug-likeness (QED) is 0.803. The Hall–Kier alpha value is -1.07. The minimum atomic E-state index is -0.353. The lowest BCUT2D eigenvalue weighted by Crippen LogP contribution is -2.27. The molecule has 2 fully saturated rings. The second-order valence-corrected chi connectivity index (χ2v) is 6.76. The number of halogens is 1. The van der Waals surface area contributed by atoms with E-state index in [0.717, 1.165) is 19.4 Å². The summed E-state index contributed by atoms with van der Waals surface area (Å²) >= 11 is 6.98. The van der Waals surface area contributed by atoms with Crippen molar-refractivity contribution in [3.63, 3.8) is 0 Å². The van der Waals surface area contributed by atoms with E-state index in [1.54, 1.807) is 12.1 Å². The van der Waals surface area contributed by atoms with Gasteiger partial charge in [0.2, 0.25) is 5.91 Å². The monoisotopic (exact) mass is 299 g/mol. The van der Waals surface area contributed by atoms with Crippen molar-refractivity contribution >= 4 is 34.8 Å². The number of ether oxygens (including phenoxy) is 1. The topological polar surface area (TPSA) is 46.6 Å². The molecule has 0 spiro atoms. The van der Waals surface area contributed by atoms with Gasteiger partial charge in [0.15, 0.2) is 0 Å². The molecular formula is C13H14ClNO3S. The summed E-state index contributed by atoms with van der Waals surface area (Å²) in [4.78, 5) is 25.9. The molecule has 0 unspecified atom stereocenters. The average molecular weight is 300 g/mol. The highest BCUT2D eigenvalue weighted by atomic mass is 35.5. The van der Waals surface area contributed by atoms with Gasteiger partial charge in [-0.2, -0.15) is 0 Å². The molecule has 1 aliphatic heterocycles. The number of rotatable bonds is 4. The number of nitrogens with zero attached hydrogens (tertiary/aromatic N) is 1. The van der Waals surface area contributed by atoms with E-state index in [1.165, 1.54) is 11.3 Å². The predicted octanol–water partition coefficient (Wildman–Crippen LogP) is 2.57. The Labute approximate surface area is 120 Å². The van der Waals surface area contributed by atoms with Crippen LogP contribution in [0.25, 0.3) is 0 Å². The highest BCUT2D eigenvalue weighted by Crippen LogP contribution is 2.32. The number of hydrogen-bond donors (Lipinski definition) is 0. The van der Waals surface area contributed by atoms with E-state index in [-0.39, 0.29) is 17.8 Å². The average Bonchev–Trinajstić information content (AvgIpc) is 3.03. The van der Waals surface area contributed by atoms with E-state index in [0.29, 0.717) is 28.3 Å². The molecule has 0 N–H and O–H groups in total. The van der Waals surface area contributed by atoms with Gasteiger partial charge in [-0.15, -0.1) is 11.3 Å². The van der Waals surface area contributed by atoms with E-state index in [1.807, 2.05) is 4.90 Å². The van der Waals surface area contributed by atoms with Gasteiger partial charge in [0.25, 0.3) is 0 Å². The van der Waals surface area contributed by atoms with Gasteiger partial charge in [0.1, 0.15) is 4.88 Å². The number of thiophene rings is 1. The third-order valence-corrected chi connectivity index (χ3v) is 4.66. The van der Waals surface area contributed by atoms with Crippen molar-refractivity contribution < 1.29 is 14.3 Å². The lowest BCUT2D eigenvalue weighted by Gasteiger charge is -2.15. The first-order valence-electron chi connectivity index (χ1n) is 6.35. The molecule has 1 saturated heterocycles. The molecule has 0 bridgehead atoms. The predicted molar refractivity (Wildman–Crippen MR) is 72.5 cm³/mol. The maximum absolute atomic E-state index is 11.8. The third-order valence-electron chi connectivity index (χ3n) is 3.45. The number of carbonyl (C=O) groups is 2. The lowest BCUT2D eigenvalue weighted by molar-refractivity contribution is -0.128. The summed E-state index contributed by atoms with van der Waals surface area (Å²) in [6.07, 6.45) is 2.73. The SMILES string of the molecule is O=C(OC[C@H]1CC(=O)N(C2CC2)C1)c1ccc(Cl)s1. The highest BCUT2D eigenvalue weighted by Gasteiger charge is 2.39. The van der Waals surface area contributed by atoms with E-state index >= 15 is 0 Å². The number of carbonyl (C=O) groups excluding carboxylic acids is 2. The molecule has 1 aromatic rings. The molecule has 102 valence electrons. The van der Waals surface area contributed by atoms with Gasteiger partial charge in [-0.05, 0) is 25.0 Å². The van der Waals surface area contributed by atoms with Crippen LogP contribution in [0.15, 0.2) is 12.1 Å². The zero-order valence-electron chi connectivity index (χ0n) is 10.3. The Kier molecular flexibility index (Phi) is 3.50. The molecule has 1 aromatic heterocycles. The Morgan fingerprint density at radius 2 is 2.26 bits per heavy atom. The van der Waals surface area contributed by atoms with Crippen LogP contribution in [0.3, 0.4) is 0 Å². The maximum Gasteiger partial charge on any atom is 0.348 e. The Morgan fingerprint density at radius 3 is 2.89 bits per heavy atom. The normalized spacial score (nSPS) is 22.9. The smallest absolute Gasteiger partial charge is 0.348 e. The standard InChI is InChI=1S/C13H14ClNO3S/c14-11-4-3-10(19-11)13(17)18-7-8-5-12(16)15(6-8)9-1-2-9/h3-4,8-9H,1-2,5-7H2/t8-/m0/s1. The molecule has 1 atom stereocenters. The number of hydrogen-bond acceptors (Lipinski definition) is 4. The molecular weight excluding hydrogens is 286 g/mol. The second kappa shape index (κ2) is 5.13. The van der Waals surface area contributed by atoms with Crippen molar-refractivity contribution in [1.29, 1.82) is 0 Å². The fourth-order valence-electron chi connectivity index (χ4n) is 2.35. The van der Waals surface area contributed by atoms with Gasteiger partial charge in [-0.25, -0.2) is 4.79 Å². The number of esters is 1. The molecule has 1 amide bonds. The minimum Gasteiger partial charge on any atom is -0.461 e. The van der Waals surface area contributed by atoms with Gasteiger partial charge in [-0.1, -0.05) is 11.6 Å². The van der Waals surface area contributed by atoms with Crippen LogP contribution in [0, 0.1) is 5.92 Å². The summed E-state index contributed by atoms with van der Waals surface area (Å²) in [6.45, 7) is 1.03. The molecule has 3 rings (SSSR count). The molecule has 2 heterocycles. The van der Waals surface area contributed by atoms with Crippen molar-refractivity contribution in [2.75, 3.05) is 13.2 Å². The van der Waals surface area contributed by atoms with Crippen LogP contribution in [0.4, 0.5) is 0 Å². The van der Waals surface area contributed by atoms with E-state index in [4.69, 9.17) is 16.3 Å². The Bertz CT molecular complexity index is 512. The van der Waals surface area contributed by atoms with Gasteiger partial charge in [-0.3, -0.25) is 4.79 Å². The molecule has 1 saturated carbocycles. The van der Waals surface area contributed by atoms with Crippen molar-refractivity contribution in [3.05, 3.63) is 21.3 Å². The summed E-state index contributed by atoms with van der Waals surface area (Å²) < 4.78 is 5.83. The zero-order valence-corrected chi connectivity index (χ0v) is 11.9. The van der Waals surface area contributed by atoms with Crippen molar-refractivity contribution in [2.45, 2.75) is 25.3 Å². The van der Waals surface area contributed by atoms with Crippen LogP contribution < -0.4 is 0 Å². The summed E-state index contributed by atoms with van der Waals surface area (Å²) in [5, 5.41) is 0. The van der Waals surface area contributed by atoms with E-state index in [9.17, 15) is 9.59 Å². The van der Waals surface area contributed by atoms with Crippen LogP contribution in [-0.4, -0.2) is 36.0 Å². The minimum absolute atomic E-state index is 0.132. The molecule has 2 aliphatic rings. The lowest BCUT2D eigenvalue weighted by atomic mass is 10.1. The largest absolute Gasteiger partial charge is 0.461 e. The highest BCUT2D eigenvalue weighted by molar-refractivity contribution is 7.17. The fourth-order valence-corrected chi connectivity index (χ4v) is 3.28. The molecule has 4 nitrogen and oxygen atoms in total. The first-order valence-corrected chi connectivity index (χ1v) is 7.55. The molecule has 1 aliphatic carbocycles. The Balaban J connectivity index is 1.50. The van der Waals surface area contributed by atoms with E-state index < -0.39 is 0 Å². The number of likely N-dealkylation sites (tertiary alicyclic amines) is 1. The van der Waals surface area contributed by atoms with Gasteiger partial charge in [0, 0.05) is 24.9 Å². The molecule has 0 radical (unpaired) electrons. The van der Waals surface area contributed by atoms with E-state index in [2.05, 4.69) is 0 Å². The molecule has 0 aromatic carbocycles. The van der Waals surface area contributed by atoms with Gasteiger partial charge in [0.05, 0.1) is 10.9 Å². The van der Waals surface area contributed by atoms with Gasteiger partial charge < -0.3 is 9.64 Å². The van der Waals surface area contributed by atoms with Gasteiger partial charge >= 0.3 is 5.97 Å². The fraction of sp³-hybridized carbons (Fsp3) is 0.538. The number of amides is 1. The van der Waals surface area contributed by atoms with Crippen molar-refractivity contribution in [2.24, 2.45) is 5.92 Å². The second-order valence-electron chi connectivity index (χ2n) is 5.05. The first-order chi connectivity index (χ1) is 9.13. The Morgan fingerprint density at radius 1 is 1.47 bits per heavy atom. The summed E-state index contributed by atoms with van der Waals surface area (Å²) in [6, 6.07) is 3.78. The zero-order chi connectivity index (χ0) is 13.4. The molecule has 6 heteroatoms. The summed E-state index contributed by atoms with van der Waals surface area (Å²) in [5.74, 6) is -0.0237. The maximum atomic E-state index is 11.8. The van der Waals surface area contributed by atoms with Crippen LogP contribution in [-0.2, 0) is 9.53 Å². The van der Waals surface area contributed by atoms with Crippen molar-refractivity contribution in [3.8, 4) is 0 Å².